The molecule has 1 fully saturated rings. The van der Waals surface area contributed by atoms with Gasteiger partial charge in [0, 0.05) is 18.2 Å². The zero-order chi connectivity index (χ0) is 39.0. The van der Waals surface area contributed by atoms with Crippen molar-refractivity contribution in [2.45, 2.75) is 63.5 Å². The molecular formula is C42H50BFNNaO9S2. The van der Waals surface area contributed by atoms with Crippen LogP contribution < -0.4 is 39.9 Å². The standard InChI is InChI=1S/C30H28FNO4S.C10H15BO5S.2CH4.Na/c31-26-15-10-23(11-16-26)29(33)19-14-25-20-32(27-4-2-1-3-5-27)30(25)24-8-6-21(7-9-24)22-12-17-28(18-13-22)37(34,35)36;1-8(2)7-16-17(14,15)10-5-3-9(4-6-10)11(12)13;;;/h1-13,15-18,25,29-30,33H,14,19-20H2,(H,34,35,36);3-6,8,12-13H,7H2,1-2H3;2*1H4;/q;;;;+1/p-1/t25-,29-,30+;;;;/m0..../s1. The molecule has 0 radical (unpaired) electrons. The van der Waals surface area contributed by atoms with E-state index in [1.807, 2.05) is 44.2 Å². The van der Waals surface area contributed by atoms with Crippen LogP contribution in [0.3, 0.4) is 0 Å². The Morgan fingerprint density at radius 1 is 0.789 bits per heavy atom. The van der Waals surface area contributed by atoms with Crippen molar-refractivity contribution in [3.05, 3.63) is 144 Å². The molecule has 3 N–H and O–H groups in total. The molecule has 3 atom stereocenters. The first-order valence-electron chi connectivity index (χ1n) is 17.4. The fourth-order valence-electron chi connectivity index (χ4n) is 6.18. The summed E-state index contributed by atoms with van der Waals surface area (Å²) in [5.74, 6) is 0.134. The van der Waals surface area contributed by atoms with E-state index >= 15 is 0 Å². The second kappa shape index (κ2) is 22.1. The van der Waals surface area contributed by atoms with Crippen molar-refractivity contribution in [1.82, 2.24) is 0 Å². The van der Waals surface area contributed by atoms with Gasteiger partial charge in [0.1, 0.15) is 15.9 Å². The second-order valence-electron chi connectivity index (χ2n) is 13.5. The first-order chi connectivity index (χ1) is 25.6. The smallest absolute Gasteiger partial charge is 0.744 e. The van der Waals surface area contributed by atoms with Crippen molar-refractivity contribution >= 4 is 38.5 Å². The van der Waals surface area contributed by atoms with Crippen LogP contribution in [-0.4, -0.2) is 56.8 Å². The molecule has 0 aromatic heterocycles. The minimum atomic E-state index is -4.48. The van der Waals surface area contributed by atoms with Gasteiger partial charge in [-0.2, -0.15) is 8.42 Å². The third-order valence-electron chi connectivity index (χ3n) is 9.12. The van der Waals surface area contributed by atoms with Crippen molar-refractivity contribution in [2.24, 2.45) is 11.8 Å². The summed E-state index contributed by atoms with van der Waals surface area (Å²) < 4.78 is 75.1. The van der Waals surface area contributed by atoms with Gasteiger partial charge in [0.15, 0.2) is 0 Å². The third kappa shape index (κ3) is 13.6. The molecule has 0 amide bonds. The number of aliphatic hydroxyl groups is 1. The van der Waals surface area contributed by atoms with Gasteiger partial charge in [-0.05, 0) is 95.0 Å². The molecule has 1 heterocycles. The molecule has 5 aromatic carbocycles. The Labute approximate surface area is 359 Å². The van der Waals surface area contributed by atoms with Crippen LogP contribution in [-0.2, 0) is 24.4 Å². The third-order valence-corrected chi connectivity index (χ3v) is 11.3. The number of rotatable bonds is 13. The zero-order valence-electron chi connectivity index (χ0n) is 30.8. The summed E-state index contributed by atoms with van der Waals surface area (Å²) in [6.07, 6.45) is 0.761. The molecule has 5 aromatic rings. The molecule has 15 heteroatoms. The van der Waals surface area contributed by atoms with E-state index in [1.54, 1.807) is 24.3 Å². The number of anilines is 1. The van der Waals surface area contributed by atoms with Crippen LogP contribution in [0.1, 0.15) is 64.8 Å². The van der Waals surface area contributed by atoms with Crippen LogP contribution in [0, 0.1) is 17.7 Å². The Hall–Kier alpha value is -3.41. The van der Waals surface area contributed by atoms with Crippen molar-refractivity contribution in [3.8, 4) is 11.1 Å². The quantitative estimate of drug-likeness (QED) is 0.0895. The fourth-order valence-corrected chi connectivity index (χ4v) is 7.71. The molecule has 1 aliphatic rings. The van der Waals surface area contributed by atoms with Gasteiger partial charge < -0.3 is 24.6 Å². The topological polar surface area (TPSA) is 164 Å². The van der Waals surface area contributed by atoms with Gasteiger partial charge in [0.05, 0.1) is 28.5 Å². The minimum Gasteiger partial charge on any atom is -0.744 e. The number of hydrogen-bond donors (Lipinski definition) is 3. The normalized spacial score (nSPS) is 15.4. The van der Waals surface area contributed by atoms with E-state index in [2.05, 4.69) is 29.2 Å². The SMILES string of the molecule is C.C.CC(C)COS(=O)(=O)c1ccc(B(O)O)cc1.O=S(=O)([O-])c1ccc(-c2ccc([C@@H]3[C@@H](CC[C@H](O)c4ccc(F)cc4)CN3c3ccccc3)cc2)cc1.[Na+]. The number of halogens is 1. The Kier molecular flexibility index (Phi) is 19.3. The van der Waals surface area contributed by atoms with Crippen LogP contribution in [0.5, 0.6) is 0 Å². The second-order valence-corrected chi connectivity index (χ2v) is 16.5. The van der Waals surface area contributed by atoms with E-state index in [1.165, 1.54) is 48.5 Å². The summed E-state index contributed by atoms with van der Waals surface area (Å²) in [5, 5.41) is 28.4. The molecule has 0 aliphatic carbocycles. The van der Waals surface area contributed by atoms with E-state index in [0.29, 0.717) is 12.3 Å². The molecule has 0 bridgehead atoms. The van der Waals surface area contributed by atoms with Gasteiger partial charge in [-0.3, -0.25) is 4.18 Å². The number of aliphatic hydroxyl groups excluding tert-OH is 1. The van der Waals surface area contributed by atoms with E-state index < -0.39 is 33.5 Å². The maximum Gasteiger partial charge on any atom is 1.00 e. The van der Waals surface area contributed by atoms with Gasteiger partial charge in [0.25, 0.3) is 10.1 Å². The largest absolute Gasteiger partial charge is 1.00 e. The maximum atomic E-state index is 13.2. The molecule has 300 valence electrons. The van der Waals surface area contributed by atoms with E-state index in [9.17, 15) is 30.9 Å². The summed E-state index contributed by atoms with van der Waals surface area (Å²) in [5.41, 5.74) is 4.99. The number of para-hydroxylation sites is 1. The van der Waals surface area contributed by atoms with E-state index in [4.69, 9.17) is 14.2 Å². The number of hydrogen-bond acceptors (Lipinski definition) is 10. The Balaban J connectivity index is 0.000000478. The van der Waals surface area contributed by atoms with Crippen molar-refractivity contribution in [3.63, 3.8) is 0 Å². The van der Waals surface area contributed by atoms with Gasteiger partial charge in [-0.25, -0.2) is 12.8 Å². The predicted molar refractivity (Wildman–Crippen MR) is 218 cm³/mol. The average Bonchev–Trinajstić information content (AvgIpc) is 3.14. The first kappa shape index (κ1) is 49.7. The molecule has 57 heavy (non-hydrogen) atoms. The van der Waals surface area contributed by atoms with E-state index in [0.717, 1.165) is 40.9 Å². The summed E-state index contributed by atoms with van der Waals surface area (Å²) in [6.45, 7) is 4.69. The van der Waals surface area contributed by atoms with Crippen LogP contribution >= 0.6 is 0 Å². The Morgan fingerprint density at radius 3 is 1.82 bits per heavy atom. The van der Waals surface area contributed by atoms with Crippen molar-refractivity contribution in [1.29, 1.82) is 0 Å². The fraction of sp³-hybridized carbons (Fsp3) is 0.286. The molecule has 10 nitrogen and oxygen atoms in total. The zero-order valence-corrected chi connectivity index (χ0v) is 34.4. The van der Waals surface area contributed by atoms with Gasteiger partial charge >= 0.3 is 36.7 Å². The summed E-state index contributed by atoms with van der Waals surface area (Å²) in [7, 11) is -9.84. The summed E-state index contributed by atoms with van der Waals surface area (Å²) in [4.78, 5) is 2.12. The van der Waals surface area contributed by atoms with Gasteiger partial charge in [-0.1, -0.05) is 108 Å². The molecule has 0 spiro atoms. The molecular weight excluding hydrogens is 779 g/mol. The van der Waals surface area contributed by atoms with E-state index in [-0.39, 0.29) is 84.0 Å². The number of nitrogens with zero attached hydrogens (tertiary/aromatic N) is 1. The Morgan fingerprint density at radius 2 is 1.32 bits per heavy atom. The van der Waals surface area contributed by atoms with Crippen LogP contribution in [0.4, 0.5) is 10.1 Å². The first-order valence-corrected chi connectivity index (χ1v) is 20.2. The predicted octanol–water partition coefficient (Wildman–Crippen LogP) is 4.09. The van der Waals surface area contributed by atoms with Gasteiger partial charge in [0.2, 0.25) is 0 Å². The molecule has 1 saturated heterocycles. The Bertz CT molecular complexity index is 2180. The van der Waals surface area contributed by atoms with Crippen molar-refractivity contribution in [2.75, 3.05) is 18.1 Å². The van der Waals surface area contributed by atoms with Crippen LogP contribution in [0.2, 0.25) is 0 Å². The van der Waals surface area contributed by atoms with Crippen LogP contribution in [0.25, 0.3) is 11.1 Å². The average molecular weight is 830 g/mol. The summed E-state index contributed by atoms with van der Waals surface area (Å²) in [6, 6.07) is 35.7. The monoisotopic (exact) mass is 829 g/mol. The van der Waals surface area contributed by atoms with Gasteiger partial charge in [-0.15, -0.1) is 0 Å². The maximum absolute atomic E-state index is 13.2. The summed E-state index contributed by atoms with van der Waals surface area (Å²) >= 11 is 0. The molecule has 0 saturated carbocycles. The molecule has 0 unspecified atom stereocenters. The van der Waals surface area contributed by atoms with Crippen LogP contribution in [0.15, 0.2) is 137 Å². The van der Waals surface area contributed by atoms with Crippen molar-refractivity contribution < 1.29 is 74.7 Å². The molecule has 6 rings (SSSR count). The minimum absolute atomic E-state index is 0. The molecule has 1 aliphatic heterocycles. The number of benzene rings is 5.